The van der Waals surface area contributed by atoms with E-state index in [0.29, 0.717) is 0 Å². The molecule has 0 spiro atoms. The Morgan fingerprint density at radius 1 is 1.10 bits per heavy atom. The molecule has 2 N–H and O–H groups in total. The van der Waals surface area contributed by atoms with Gasteiger partial charge in [0.05, 0.1) is 17.3 Å². The number of nitrogens with two attached hydrogens (primary N) is 1. The van der Waals surface area contributed by atoms with Gasteiger partial charge in [0.15, 0.2) is 5.82 Å². The lowest BCUT2D eigenvalue weighted by molar-refractivity contribution is 0.415. The molecule has 0 atom stereocenters. The third-order valence-electron chi connectivity index (χ3n) is 3.41. The van der Waals surface area contributed by atoms with Gasteiger partial charge in [-0.15, -0.1) is 10.2 Å². The fraction of sp³-hybridized carbons (Fsp3) is 0.0667. The number of aromatic nitrogens is 3. The van der Waals surface area contributed by atoms with Gasteiger partial charge in [-0.05, 0) is 42.5 Å². The van der Waals surface area contributed by atoms with Gasteiger partial charge in [0, 0.05) is 11.3 Å². The molecule has 2 heterocycles. The van der Waals surface area contributed by atoms with Crippen LogP contribution in [-0.4, -0.2) is 21.7 Å². The van der Waals surface area contributed by atoms with Gasteiger partial charge in [0.1, 0.15) is 5.75 Å². The number of hydrogen-bond acceptors (Lipinski definition) is 5. The van der Waals surface area contributed by atoms with E-state index in [1.165, 1.54) is 0 Å². The van der Waals surface area contributed by atoms with Crippen LogP contribution in [0.5, 0.6) is 5.75 Å². The van der Waals surface area contributed by atoms with Crippen LogP contribution in [0.3, 0.4) is 0 Å². The van der Waals surface area contributed by atoms with Crippen LogP contribution in [0.25, 0.3) is 26.6 Å². The highest BCUT2D eigenvalue weighted by molar-refractivity contribution is 7.23. The van der Waals surface area contributed by atoms with Gasteiger partial charge < -0.3 is 10.5 Å². The first-order valence-corrected chi connectivity index (χ1v) is 7.25. The minimum Gasteiger partial charge on any atom is -0.497 e. The van der Waals surface area contributed by atoms with Gasteiger partial charge in [-0.25, -0.2) is 0 Å². The molecule has 0 bridgehead atoms. The van der Waals surface area contributed by atoms with Crippen molar-refractivity contribution < 1.29 is 4.74 Å². The monoisotopic (exact) mass is 296 g/mol. The number of benzene rings is 2. The maximum Gasteiger partial charge on any atom is 0.217 e. The Morgan fingerprint density at radius 3 is 2.67 bits per heavy atom. The van der Waals surface area contributed by atoms with E-state index in [4.69, 9.17) is 10.5 Å². The number of rotatable bonds is 2. The summed E-state index contributed by atoms with van der Waals surface area (Å²) < 4.78 is 8.45. The Labute approximate surface area is 124 Å². The summed E-state index contributed by atoms with van der Waals surface area (Å²) in [7, 11) is 1.67. The molecule has 0 unspecified atom stereocenters. The van der Waals surface area contributed by atoms with Crippen LogP contribution in [0.2, 0.25) is 0 Å². The maximum atomic E-state index is 5.74. The number of methoxy groups -OCH3 is 1. The van der Waals surface area contributed by atoms with Crippen molar-refractivity contribution in [1.82, 2.24) is 14.6 Å². The van der Waals surface area contributed by atoms with E-state index in [1.807, 2.05) is 42.5 Å². The third-order valence-corrected chi connectivity index (χ3v) is 4.41. The fourth-order valence-electron chi connectivity index (χ4n) is 2.36. The Bertz CT molecular complexity index is 940. The Hall–Kier alpha value is -2.60. The molecule has 0 aliphatic carbocycles. The van der Waals surface area contributed by atoms with Crippen molar-refractivity contribution in [2.24, 2.45) is 0 Å². The second kappa shape index (κ2) is 4.46. The number of ether oxygens (including phenoxy) is 1. The number of nitrogen functional groups attached to an aromatic ring is 1. The summed E-state index contributed by atoms with van der Waals surface area (Å²) in [6.07, 6.45) is 0. The van der Waals surface area contributed by atoms with Crippen LogP contribution in [0.15, 0.2) is 42.5 Å². The van der Waals surface area contributed by atoms with E-state index >= 15 is 0 Å². The van der Waals surface area contributed by atoms with Crippen LogP contribution in [0, 0.1) is 0 Å². The van der Waals surface area contributed by atoms with Crippen LogP contribution in [0.4, 0.5) is 5.69 Å². The number of nitrogens with zero attached hydrogens (tertiary/aromatic N) is 3. The SMILES string of the molecule is COc1ccc2c(c1)sc1nnc(-c3ccc(N)cc3)n12. The van der Waals surface area contributed by atoms with Gasteiger partial charge in [0.2, 0.25) is 4.96 Å². The molecule has 2 aromatic heterocycles. The van der Waals surface area contributed by atoms with Gasteiger partial charge in [-0.3, -0.25) is 4.40 Å². The van der Waals surface area contributed by atoms with Crippen molar-refractivity contribution in [2.75, 3.05) is 12.8 Å². The van der Waals surface area contributed by atoms with Crippen molar-refractivity contribution in [1.29, 1.82) is 0 Å². The molecule has 0 aliphatic rings. The minimum absolute atomic E-state index is 0.736. The Morgan fingerprint density at radius 2 is 1.90 bits per heavy atom. The molecule has 4 aromatic rings. The van der Waals surface area contributed by atoms with Crippen LogP contribution in [-0.2, 0) is 0 Å². The van der Waals surface area contributed by atoms with E-state index < -0.39 is 0 Å². The lowest BCUT2D eigenvalue weighted by atomic mass is 10.2. The first kappa shape index (κ1) is 12.2. The summed E-state index contributed by atoms with van der Waals surface area (Å²) in [5.74, 6) is 1.66. The van der Waals surface area contributed by atoms with Crippen molar-refractivity contribution in [3.8, 4) is 17.1 Å². The van der Waals surface area contributed by atoms with Crippen molar-refractivity contribution in [3.63, 3.8) is 0 Å². The zero-order chi connectivity index (χ0) is 14.4. The molecule has 0 aliphatic heterocycles. The smallest absolute Gasteiger partial charge is 0.217 e. The molecule has 5 nitrogen and oxygen atoms in total. The van der Waals surface area contributed by atoms with E-state index in [0.717, 1.165) is 38.0 Å². The Balaban J connectivity index is 1.99. The first-order valence-electron chi connectivity index (χ1n) is 6.44. The third kappa shape index (κ3) is 1.84. The lowest BCUT2D eigenvalue weighted by Crippen LogP contribution is -1.90. The van der Waals surface area contributed by atoms with E-state index in [9.17, 15) is 0 Å². The van der Waals surface area contributed by atoms with Crippen molar-refractivity contribution in [3.05, 3.63) is 42.5 Å². The first-order chi connectivity index (χ1) is 10.3. The number of anilines is 1. The molecule has 104 valence electrons. The second-order valence-corrected chi connectivity index (χ2v) is 5.71. The number of thiazole rings is 1. The van der Waals surface area contributed by atoms with Gasteiger partial charge >= 0.3 is 0 Å². The molecule has 4 rings (SSSR count). The average molecular weight is 296 g/mol. The second-order valence-electron chi connectivity index (χ2n) is 4.70. The van der Waals surface area contributed by atoms with Crippen LogP contribution < -0.4 is 10.5 Å². The summed E-state index contributed by atoms with van der Waals surface area (Å²) in [4.78, 5) is 0.866. The summed E-state index contributed by atoms with van der Waals surface area (Å²) in [5, 5.41) is 8.57. The van der Waals surface area contributed by atoms with Gasteiger partial charge in [0.25, 0.3) is 0 Å². The molecule has 0 radical (unpaired) electrons. The highest BCUT2D eigenvalue weighted by atomic mass is 32.1. The van der Waals surface area contributed by atoms with Crippen molar-refractivity contribution >= 4 is 32.2 Å². The average Bonchev–Trinajstić information content (AvgIpc) is 3.06. The van der Waals surface area contributed by atoms with Crippen LogP contribution in [0.1, 0.15) is 0 Å². The summed E-state index contributed by atoms with van der Waals surface area (Å²) in [5.41, 5.74) is 8.55. The number of fused-ring (bicyclic) bond motifs is 3. The molecule has 0 saturated carbocycles. The molecule has 6 heteroatoms. The molecule has 0 amide bonds. The fourth-order valence-corrected chi connectivity index (χ4v) is 3.35. The van der Waals surface area contributed by atoms with Crippen molar-refractivity contribution in [2.45, 2.75) is 0 Å². The standard InChI is InChI=1S/C15H12N4OS/c1-20-11-6-7-12-13(8-11)21-15-18-17-14(19(12)15)9-2-4-10(16)5-3-9/h2-8H,16H2,1H3. The summed E-state index contributed by atoms with van der Waals surface area (Å²) in [6.45, 7) is 0. The molecule has 0 saturated heterocycles. The number of hydrogen-bond donors (Lipinski definition) is 1. The van der Waals surface area contributed by atoms with Gasteiger partial charge in [-0.1, -0.05) is 11.3 Å². The van der Waals surface area contributed by atoms with E-state index in [-0.39, 0.29) is 0 Å². The van der Waals surface area contributed by atoms with Gasteiger partial charge in [-0.2, -0.15) is 0 Å². The molecule has 0 fully saturated rings. The normalized spacial score (nSPS) is 11.3. The topological polar surface area (TPSA) is 65.4 Å². The largest absolute Gasteiger partial charge is 0.497 e. The zero-order valence-electron chi connectivity index (χ0n) is 11.3. The highest BCUT2D eigenvalue weighted by Gasteiger charge is 2.14. The highest BCUT2D eigenvalue weighted by Crippen LogP contribution is 2.32. The van der Waals surface area contributed by atoms with E-state index in [2.05, 4.69) is 14.6 Å². The predicted octanol–water partition coefficient (Wildman–Crippen LogP) is 3.20. The quantitative estimate of drug-likeness (QED) is 0.577. The zero-order valence-corrected chi connectivity index (χ0v) is 12.1. The molecular weight excluding hydrogens is 284 g/mol. The molecule has 2 aromatic carbocycles. The Kier molecular flexibility index (Phi) is 2.58. The summed E-state index contributed by atoms with van der Waals surface area (Å²) >= 11 is 1.59. The molecular formula is C15H12N4OS. The van der Waals surface area contributed by atoms with Crippen LogP contribution >= 0.6 is 11.3 Å². The minimum atomic E-state index is 0.736. The maximum absolute atomic E-state index is 5.74. The van der Waals surface area contributed by atoms with E-state index in [1.54, 1.807) is 18.4 Å². The summed E-state index contributed by atoms with van der Waals surface area (Å²) in [6, 6.07) is 13.6. The molecule has 21 heavy (non-hydrogen) atoms. The predicted molar refractivity (Wildman–Crippen MR) is 84.8 cm³/mol. The lowest BCUT2D eigenvalue weighted by Gasteiger charge is -2.01.